The van der Waals surface area contributed by atoms with Gasteiger partial charge in [0.25, 0.3) is 0 Å². The Kier molecular flexibility index (Phi) is 7.69. The second-order valence-corrected chi connectivity index (χ2v) is 7.16. The van der Waals surface area contributed by atoms with Gasteiger partial charge in [0.05, 0.1) is 0 Å². The molecule has 2 rings (SSSR count). The van der Waals surface area contributed by atoms with E-state index in [2.05, 4.69) is 27.9 Å². The zero-order valence-corrected chi connectivity index (χ0v) is 14.9. The molecule has 0 saturated heterocycles. The number of carbonyl (C=O) groups is 1. The molecule has 3 N–H and O–H groups in total. The van der Waals surface area contributed by atoms with E-state index in [4.69, 9.17) is 0 Å². The van der Waals surface area contributed by atoms with Crippen LogP contribution in [0.15, 0.2) is 4.99 Å². The molecule has 0 spiro atoms. The Balaban J connectivity index is 1.69. The predicted octanol–water partition coefficient (Wildman–Crippen LogP) is 2.57. The number of aliphatic imine (C=N–C) groups is 1. The van der Waals surface area contributed by atoms with Crippen molar-refractivity contribution in [1.29, 1.82) is 0 Å². The maximum Gasteiger partial charge on any atom is 0.242 e. The Morgan fingerprint density at radius 2 is 1.91 bits per heavy atom. The lowest BCUT2D eigenvalue weighted by Crippen LogP contribution is -2.43. The molecule has 1 atom stereocenters. The number of hydrogen-bond donors (Lipinski definition) is 3. The van der Waals surface area contributed by atoms with Gasteiger partial charge in [0.15, 0.2) is 5.96 Å². The van der Waals surface area contributed by atoms with Gasteiger partial charge in [-0.15, -0.1) is 0 Å². The van der Waals surface area contributed by atoms with E-state index in [0.29, 0.717) is 12.1 Å². The van der Waals surface area contributed by atoms with Gasteiger partial charge in [0, 0.05) is 18.6 Å². The van der Waals surface area contributed by atoms with Crippen molar-refractivity contribution in [3.05, 3.63) is 0 Å². The summed E-state index contributed by atoms with van der Waals surface area (Å²) in [6.07, 6.45) is 11.8. The second kappa shape index (κ2) is 9.78. The highest BCUT2D eigenvalue weighted by Gasteiger charge is 2.23. The third-order valence-electron chi connectivity index (χ3n) is 4.78. The first kappa shape index (κ1) is 18.1. The summed E-state index contributed by atoms with van der Waals surface area (Å²) in [7, 11) is 0. The summed E-state index contributed by atoms with van der Waals surface area (Å²) in [4.78, 5) is 16.2. The Hall–Kier alpha value is -1.26. The first-order chi connectivity index (χ1) is 11.2. The van der Waals surface area contributed by atoms with E-state index >= 15 is 0 Å². The lowest BCUT2D eigenvalue weighted by molar-refractivity contribution is -0.119. The number of nitrogens with zero attached hydrogens (tertiary/aromatic N) is 1. The van der Waals surface area contributed by atoms with Gasteiger partial charge in [-0.2, -0.15) is 0 Å². The molecule has 132 valence electrons. The van der Waals surface area contributed by atoms with Gasteiger partial charge in [0.1, 0.15) is 6.54 Å². The number of amides is 1. The monoisotopic (exact) mass is 322 g/mol. The summed E-state index contributed by atoms with van der Waals surface area (Å²) in [6.45, 7) is 5.28. The summed E-state index contributed by atoms with van der Waals surface area (Å²) in [5.41, 5.74) is 0. The molecule has 5 nitrogen and oxygen atoms in total. The van der Waals surface area contributed by atoms with Gasteiger partial charge in [-0.05, 0) is 45.4 Å². The number of nitrogens with one attached hydrogen (secondary N) is 3. The Morgan fingerprint density at radius 1 is 1.17 bits per heavy atom. The molecule has 0 aromatic heterocycles. The maximum absolute atomic E-state index is 11.7. The van der Waals surface area contributed by atoms with E-state index in [0.717, 1.165) is 31.3 Å². The largest absolute Gasteiger partial charge is 0.357 e. The van der Waals surface area contributed by atoms with E-state index in [1.165, 1.54) is 44.9 Å². The first-order valence-electron chi connectivity index (χ1n) is 9.51. The summed E-state index contributed by atoms with van der Waals surface area (Å²) in [6, 6.07) is 0.795. The molecule has 5 heteroatoms. The molecular formula is C18H34N4O. The van der Waals surface area contributed by atoms with E-state index in [1.807, 2.05) is 6.92 Å². The van der Waals surface area contributed by atoms with E-state index in [9.17, 15) is 4.79 Å². The Morgan fingerprint density at radius 3 is 2.57 bits per heavy atom. The fourth-order valence-electron chi connectivity index (χ4n) is 3.24. The smallest absolute Gasteiger partial charge is 0.242 e. The normalized spacial score (nSPS) is 20.9. The van der Waals surface area contributed by atoms with E-state index in [1.54, 1.807) is 0 Å². The van der Waals surface area contributed by atoms with Gasteiger partial charge < -0.3 is 16.0 Å². The van der Waals surface area contributed by atoms with E-state index in [-0.39, 0.29) is 12.5 Å². The number of carbonyl (C=O) groups excluding carboxylic acids is 1. The third-order valence-corrected chi connectivity index (χ3v) is 4.78. The highest BCUT2D eigenvalue weighted by Crippen LogP contribution is 2.27. The van der Waals surface area contributed by atoms with Crippen molar-refractivity contribution in [1.82, 2.24) is 16.0 Å². The zero-order valence-electron chi connectivity index (χ0n) is 14.9. The Labute approximate surface area is 141 Å². The molecule has 0 aliphatic heterocycles. The predicted molar refractivity (Wildman–Crippen MR) is 95.6 cm³/mol. The molecule has 2 saturated carbocycles. The highest BCUT2D eigenvalue weighted by molar-refractivity contribution is 5.85. The van der Waals surface area contributed by atoms with Crippen LogP contribution in [0.3, 0.4) is 0 Å². The minimum atomic E-state index is 0.0274. The number of rotatable bonds is 8. The summed E-state index contributed by atoms with van der Waals surface area (Å²) in [5, 5.41) is 9.65. The number of hydrogen-bond acceptors (Lipinski definition) is 2. The van der Waals surface area contributed by atoms with Crippen molar-refractivity contribution in [3.8, 4) is 0 Å². The van der Waals surface area contributed by atoms with Gasteiger partial charge >= 0.3 is 0 Å². The minimum absolute atomic E-state index is 0.0274. The van der Waals surface area contributed by atoms with Gasteiger partial charge in [0.2, 0.25) is 5.91 Å². The molecule has 0 aromatic carbocycles. The van der Waals surface area contributed by atoms with Crippen LogP contribution in [0.2, 0.25) is 0 Å². The summed E-state index contributed by atoms with van der Waals surface area (Å²) in [5.74, 6) is 1.70. The van der Waals surface area contributed by atoms with Gasteiger partial charge in [-0.3, -0.25) is 4.79 Å². The molecular weight excluding hydrogens is 288 g/mol. The SMILES string of the molecule is CCNC(=NCC(=O)NC1CC1)NC(C)CCC1CCCCC1. The van der Waals surface area contributed by atoms with Crippen LogP contribution in [0.1, 0.15) is 71.6 Å². The van der Waals surface area contributed by atoms with Crippen molar-refractivity contribution in [3.63, 3.8) is 0 Å². The van der Waals surface area contributed by atoms with Crippen LogP contribution in [0.4, 0.5) is 0 Å². The molecule has 1 amide bonds. The van der Waals surface area contributed by atoms with Crippen molar-refractivity contribution in [2.75, 3.05) is 13.1 Å². The van der Waals surface area contributed by atoms with Crippen LogP contribution in [-0.4, -0.2) is 37.0 Å². The van der Waals surface area contributed by atoms with Crippen LogP contribution in [0.25, 0.3) is 0 Å². The maximum atomic E-state index is 11.7. The van der Waals surface area contributed by atoms with Gasteiger partial charge in [-0.1, -0.05) is 32.1 Å². The fraction of sp³-hybridized carbons (Fsp3) is 0.889. The van der Waals surface area contributed by atoms with Crippen molar-refractivity contribution in [2.24, 2.45) is 10.9 Å². The average Bonchev–Trinajstić information content (AvgIpc) is 3.36. The van der Waals surface area contributed by atoms with Crippen LogP contribution in [0.5, 0.6) is 0 Å². The zero-order chi connectivity index (χ0) is 16.5. The lowest BCUT2D eigenvalue weighted by atomic mass is 9.85. The molecule has 0 heterocycles. The summed E-state index contributed by atoms with van der Waals surface area (Å²) >= 11 is 0. The lowest BCUT2D eigenvalue weighted by Gasteiger charge is -2.24. The topological polar surface area (TPSA) is 65.5 Å². The van der Waals surface area contributed by atoms with Crippen molar-refractivity contribution in [2.45, 2.75) is 83.7 Å². The highest BCUT2D eigenvalue weighted by atomic mass is 16.2. The quantitative estimate of drug-likeness (QED) is 0.475. The van der Waals surface area contributed by atoms with Crippen LogP contribution in [0, 0.1) is 5.92 Å². The molecule has 0 bridgehead atoms. The molecule has 23 heavy (non-hydrogen) atoms. The standard InChI is InChI=1S/C18H34N4O/c1-3-19-18(20-13-17(23)22-16-11-12-16)21-14(2)9-10-15-7-5-4-6-8-15/h14-16H,3-13H2,1-2H3,(H,22,23)(H2,19,20,21). The number of guanidine groups is 1. The van der Waals surface area contributed by atoms with Gasteiger partial charge in [-0.25, -0.2) is 4.99 Å². The van der Waals surface area contributed by atoms with Crippen molar-refractivity contribution >= 4 is 11.9 Å². The first-order valence-corrected chi connectivity index (χ1v) is 9.51. The summed E-state index contributed by atoms with van der Waals surface area (Å²) < 4.78 is 0. The van der Waals surface area contributed by atoms with Crippen LogP contribution in [-0.2, 0) is 4.79 Å². The van der Waals surface area contributed by atoms with Crippen molar-refractivity contribution < 1.29 is 4.79 Å². The fourth-order valence-corrected chi connectivity index (χ4v) is 3.24. The molecule has 2 fully saturated rings. The van der Waals surface area contributed by atoms with E-state index < -0.39 is 0 Å². The van der Waals surface area contributed by atoms with Crippen LogP contribution < -0.4 is 16.0 Å². The molecule has 0 aromatic rings. The van der Waals surface area contributed by atoms with Crippen LogP contribution >= 0.6 is 0 Å². The molecule has 2 aliphatic carbocycles. The molecule has 2 aliphatic rings. The molecule has 1 unspecified atom stereocenters. The third kappa shape index (κ3) is 7.71. The average molecular weight is 322 g/mol. The minimum Gasteiger partial charge on any atom is -0.357 e. The Bertz CT molecular complexity index is 386. The second-order valence-electron chi connectivity index (χ2n) is 7.16. The molecule has 0 radical (unpaired) electrons.